The number of sulfone groups is 1. The maximum absolute atomic E-state index is 13.1. The summed E-state index contributed by atoms with van der Waals surface area (Å²) < 4.78 is 23.6. The van der Waals surface area contributed by atoms with Crippen molar-refractivity contribution in [2.24, 2.45) is 0 Å². The van der Waals surface area contributed by atoms with Crippen molar-refractivity contribution < 1.29 is 13.2 Å². The Balaban J connectivity index is 1.82. The Hall–Kier alpha value is -1.76. The molecule has 7 heteroatoms. The zero-order valence-corrected chi connectivity index (χ0v) is 15.8. The largest absolute Gasteiger partial charge is 0.398 e. The van der Waals surface area contributed by atoms with Gasteiger partial charge in [0.1, 0.15) is 6.04 Å². The minimum Gasteiger partial charge on any atom is -0.398 e. The van der Waals surface area contributed by atoms with Crippen molar-refractivity contribution in [1.82, 2.24) is 4.90 Å². The molecular formula is C18H27N3O3S. The van der Waals surface area contributed by atoms with Crippen LogP contribution in [0.15, 0.2) is 18.2 Å². The van der Waals surface area contributed by atoms with Gasteiger partial charge in [-0.15, -0.1) is 0 Å². The molecule has 2 aliphatic rings. The summed E-state index contributed by atoms with van der Waals surface area (Å²) in [6, 6.07) is 5.31. The molecule has 1 saturated heterocycles. The highest BCUT2D eigenvalue weighted by atomic mass is 32.2. The van der Waals surface area contributed by atoms with Crippen molar-refractivity contribution in [1.29, 1.82) is 0 Å². The minimum atomic E-state index is -3.01. The van der Waals surface area contributed by atoms with Crippen molar-refractivity contribution in [2.75, 3.05) is 35.2 Å². The monoisotopic (exact) mass is 365 g/mol. The van der Waals surface area contributed by atoms with Gasteiger partial charge in [-0.2, -0.15) is 0 Å². The summed E-state index contributed by atoms with van der Waals surface area (Å²) in [5.74, 6) is 0.266. The molecule has 0 radical (unpaired) electrons. The van der Waals surface area contributed by atoms with Crippen LogP contribution in [0.2, 0.25) is 0 Å². The van der Waals surface area contributed by atoms with E-state index >= 15 is 0 Å². The summed E-state index contributed by atoms with van der Waals surface area (Å²) in [6.45, 7) is 5.16. The molecule has 2 aliphatic heterocycles. The second kappa shape index (κ2) is 6.86. The van der Waals surface area contributed by atoms with Crippen LogP contribution in [0, 0.1) is 0 Å². The van der Waals surface area contributed by atoms with Gasteiger partial charge in [-0.1, -0.05) is 6.07 Å². The van der Waals surface area contributed by atoms with Crippen LogP contribution in [0.3, 0.4) is 0 Å². The Morgan fingerprint density at radius 3 is 2.84 bits per heavy atom. The molecule has 138 valence electrons. The van der Waals surface area contributed by atoms with Crippen LogP contribution in [0.1, 0.15) is 32.3 Å². The Labute approximate surface area is 149 Å². The number of carbonyl (C=O) groups is 1. The van der Waals surface area contributed by atoms with E-state index < -0.39 is 9.84 Å². The number of hydrogen-bond donors (Lipinski definition) is 1. The highest BCUT2D eigenvalue weighted by Crippen LogP contribution is 2.33. The minimum absolute atomic E-state index is 0.000116. The van der Waals surface area contributed by atoms with Gasteiger partial charge in [0.05, 0.1) is 11.5 Å². The van der Waals surface area contributed by atoms with E-state index in [0.717, 1.165) is 36.3 Å². The summed E-state index contributed by atoms with van der Waals surface area (Å²) in [5.41, 5.74) is 9.02. The molecule has 25 heavy (non-hydrogen) atoms. The molecule has 2 N–H and O–H groups in total. The Kier molecular flexibility index (Phi) is 4.95. The maximum Gasteiger partial charge on any atom is 0.245 e. The summed E-state index contributed by atoms with van der Waals surface area (Å²) >= 11 is 0. The standard InChI is InChI=1S/C18H27N3O3S/c1-3-20(14-9-11-25(23,24)12-14)18(22)13(2)21-10-5-6-15-16(19)7-4-8-17(15)21/h4,7-8,13-14H,3,5-6,9-12,19H2,1-2H3. The van der Waals surface area contributed by atoms with Crippen molar-refractivity contribution in [3.8, 4) is 0 Å². The lowest BCUT2D eigenvalue weighted by atomic mass is 9.98. The fraction of sp³-hybridized carbons (Fsp3) is 0.611. The molecule has 1 fully saturated rings. The molecule has 6 nitrogen and oxygen atoms in total. The fourth-order valence-electron chi connectivity index (χ4n) is 4.07. The molecule has 0 spiro atoms. The quantitative estimate of drug-likeness (QED) is 0.817. The third-order valence-corrected chi connectivity index (χ3v) is 7.17. The van der Waals surface area contributed by atoms with E-state index in [9.17, 15) is 13.2 Å². The van der Waals surface area contributed by atoms with E-state index in [-0.39, 0.29) is 29.5 Å². The molecule has 0 aromatic heterocycles. The van der Waals surface area contributed by atoms with Crippen molar-refractivity contribution in [3.63, 3.8) is 0 Å². The molecule has 0 bridgehead atoms. The van der Waals surface area contributed by atoms with E-state index in [2.05, 4.69) is 4.90 Å². The van der Waals surface area contributed by atoms with Crippen LogP contribution >= 0.6 is 0 Å². The van der Waals surface area contributed by atoms with E-state index in [1.807, 2.05) is 32.0 Å². The number of rotatable bonds is 4. The summed E-state index contributed by atoms with van der Waals surface area (Å²) in [5, 5.41) is 0. The van der Waals surface area contributed by atoms with Crippen molar-refractivity contribution in [2.45, 2.75) is 45.2 Å². The summed E-state index contributed by atoms with van der Waals surface area (Å²) in [6.07, 6.45) is 2.43. The molecule has 2 atom stereocenters. The van der Waals surface area contributed by atoms with Gasteiger partial charge in [-0.25, -0.2) is 8.42 Å². The molecule has 2 heterocycles. The predicted molar refractivity (Wildman–Crippen MR) is 100 cm³/mol. The number of nitrogens with two attached hydrogens (primary N) is 1. The van der Waals surface area contributed by atoms with E-state index in [0.29, 0.717) is 13.0 Å². The second-order valence-corrected chi connectivity index (χ2v) is 9.23. The molecule has 1 aromatic carbocycles. The van der Waals surface area contributed by atoms with E-state index in [1.165, 1.54) is 0 Å². The number of anilines is 2. The zero-order valence-electron chi connectivity index (χ0n) is 14.9. The second-order valence-electron chi connectivity index (χ2n) is 7.00. The third-order valence-electron chi connectivity index (χ3n) is 5.42. The zero-order chi connectivity index (χ0) is 18.2. The third kappa shape index (κ3) is 3.47. The number of nitrogen functional groups attached to an aromatic ring is 1. The molecule has 0 aliphatic carbocycles. The van der Waals surface area contributed by atoms with Gasteiger partial charge in [-0.3, -0.25) is 4.79 Å². The van der Waals surface area contributed by atoms with Crippen LogP contribution < -0.4 is 10.6 Å². The number of likely N-dealkylation sites (N-methyl/N-ethyl adjacent to an activating group) is 1. The Morgan fingerprint density at radius 1 is 1.44 bits per heavy atom. The first-order valence-corrected chi connectivity index (χ1v) is 10.8. The smallest absolute Gasteiger partial charge is 0.245 e. The van der Waals surface area contributed by atoms with Gasteiger partial charge in [0.2, 0.25) is 5.91 Å². The molecule has 1 amide bonds. The van der Waals surface area contributed by atoms with E-state index in [4.69, 9.17) is 5.73 Å². The summed E-state index contributed by atoms with van der Waals surface area (Å²) in [4.78, 5) is 17.0. The number of benzene rings is 1. The molecule has 0 saturated carbocycles. The fourth-order valence-corrected chi connectivity index (χ4v) is 5.80. The highest BCUT2D eigenvalue weighted by molar-refractivity contribution is 7.91. The topological polar surface area (TPSA) is 83.7 Å². The van der Waals surface area contributed by atoms with Crippen LogP contribution in [0.25, 0.3) is 0 Å². The van der Waals surface area contributed by atoms with Gasteiger partial charge in [-0.05, 0) is 50.8 Å². The first kappa shape index (κ1) is 18.0. The van der Waals surface area contributed by atoms with Gasteiger partial charge >= 0.3 is 0 Å². The highest BCUT2D eigenvalue weighted by Gasteiger charge is 2.37. The van der Waals surface area contributed by atoms with Gasteiger partial charge in [0.15, 0.2) is 9.84 Å². The number of hydrogen-bond acceptors (Lipinski definition) is 5. The maximum atomic E-state index is 13.1. The van der Waals surface area contributed by atoms with Crippen LogP contribution in [0.4, 0.5) is 11.4 Å². The lowest BCUT2D eigenvalue weighted by Gasteiger charge is -2.39. The van der Waals surface area contributed by atoms with Crippen LogP contribution in [-0.4, -0.2) is 55.9 Å². The van der Waals surface area contributed by atoms with Crippen LogP contribution in [0.5, 0.6) is 0 Å². The Bertz CT molecular complexity index is 763. The number of fused-ring (bicyclic) bond motifs is 1. The number of amides is 1. The molecule has 3 rings (SSSR count). The van der Waals surface area contributed by atoms with Gasteiger partial charge in [0, 0.05) is 30.5 Å². The average Bonchev–Trinajstić information content (AvgIpc) is 2.94. The molecular weight excluding hydrogens is 338 g/mol. The van der Waals surface area contributed by atoms with Crippen LogP contribution in [-0.2, 0) is 21.1 Å². The first-order valence-electron chi connectivity index (χ1n) is 8.99. The Morgan fingerprint density at radius 2 is 2.20 bits per heavy atom. The average molecular weight is 365 g/mol. The summed E-state index contributed by atoms with van der Waals surface area (Å²) in [7, 11) is -3.01. The normalized spacial score (nSPS) is 23.1. The van der Waals surface area contributed by atoms with E-state index in [1.54, 1.807) is 4.90 Å². The molecule has 2 unspecified atom stereocenters. The molecule has 1 aromatic rings. The van der Waals surface area contributed by atoms with Crippen molar-refractivity contribution >= 4 is 27.1 Å². The predicted octanol–water partition coefficient (Wildman–Crippen LogP) is 1.45. The number of nitrogens with zero attached hydrogens (tertiary/aromatic N) is 2. The van der Waals surface area contributed by atoms with Gasteiger partial charge in [0.25, 0.3) is 0 Å². The van der Waals surface area contributed by atoms with Crippen molar-refractivity contribution in [3.05, 3.63) is 23.8 Å². The lowest BCUT2D eigenvalue weighted by molar-refractivity contribution is -0.133. The van der Waals surface area contributed by atoms with Gasteiger partial charge < -0.3 is 15.5 Å². The first-order chi connectivity index (χ1) is 11.8. The number of carbonyl (C=O) groups excluding carboxylic acids is 1. The lowest BCUT2D eigenvalue weighted by Crippen LogP contribution is -2.52. The SMILES string of the molecule is CCN(C(=O)C(C)N1CCCc2c(N)cccc21)C1CCS(=O)(=O)C1.